The Bertz CT molecular complexity index is 1160. The molecule has 0 radical (unpaired) electrons. The number of rotatable bonds is 4. The quantitative estimate of drug-likeness (QED) is 0.553. The number of hydrogen-bond acceptors (Lipinski definition) is 6. The normalized spacial score (nSPS) is 12.9. The molecule has 0 unspecified atom stereocenters. The van der Waals surface area contributed by atoms with E-state index in [4.69, 9.17) is 14.0 Å². The molecule has 0 saturated heterocycles. The van der Waals surface area contributed by atoms with Gasteiger partial charge in [-0.25, -0.2) is 4.68 Å². The Labute approximate surface area is 164 Å². The van der Waals surface area contributed by atoms with Crippen LogP contribution in [0.25, 0.3) is 17.2 Å². The van der Waals surface area contributed by atoms with Crippen molar-refractivity contribution in [2.24, 2.45) is 0 Å². The molecule has 1 N–H and O–H groups in total. The van der Waals surface area contributed by atoms with Gasteiger partial charge in [-0.05, 0) is 30.7 Å². The molecule has 28 heavy (non-hydrogen) atoms. The molecule has 0 fully saturated rings. The summed E-state index contributed by atoms with van der Waals surface area (Å²) in [5.74, 6) is 2.91. The number of benzene rings is 1. The summed E-state index contributed by atoms with van der Waals surface area (Å²) >= 11 is 1.78. The van der Waals surface area contributed by atoms with E-state index in [1.807, 2.05) is 35.9 Å². The van der Waals surface area contributed by atoms with E-state index in [2.05, 4.69) is 10.5 Å². The van der Waals surface area contributed by atoms with Crippen molar-refractivity contribution in [3.8, 4) is 17.2 Å². The maximum atomic E-state index is 12.9. The van der Waals surface area contributed by atoms with Gasteiger partial charge in [0.05, 0.1) is 17.6 Å². The van der Waals surface area contributed by atoms with Gasteiger partial charge in [0, 0.05) is 23.1 Å². The van der Waals surface area contributed by atoms with Gasteiger partial charge in [-0.1, -0.05) is 23.4 Å². The average molecular weight is 392 g/mol. The molecule has 1 aliphatic heterocycles. The molecule has 140 valence electrons. The molecular weight excluding hydrogens is 376 g/mol. The SMILES string of the molecule is Cc1ccccc1-n1nc2c(c1NC(=O)c1cc(-c3ccco3)on1)CSC2. The minimum absolute atomic E-state index is 0.184. The molecule has 1 amide bonds. The molecule has 0 spiro atoms. The lowest BCUT2D eigenvalue weighted by atomic mass is 10.2. The van der Waals surface area contributed by atoms with Crippen molar-refractivity contribution < 1.29 is 13.7 Å². The largest absolute Gasteiger partial charge is 0.461 e. The van der Waals surface area contributed by atoms with Gasteiger partial charge in [-0.2, -0.15) is 16.9 Å². The first-order valence-electron chi connectivity index (χ1n) is 8.77. The second-order valence-electron chi connectivity index (χ2n) is 6.47. The topological polar surface area (TPSA) is 86.1 Å². The number of aromatic nitrogens is 3. The lowest BCUT2D eigenvalue weighted by Crippen LogP contribution is -2.16. The van der Waals surface area contributed by atoms with Gasteiger partial charge in [0.25, 0.3) is 5.91 Å². The van der Waals surface area contributed by atoms with Gasteiger partial charge >= 0.3 is 0 Å². The lowest BCUT2D eigenvalue weighted by molar-refractivity contribution is 0.101. The second-order valence-corrected chi connectivity index (χ2v) is 7.46. The van der Waals surface area contributed by atoms with E-state index in [9.17, 15) is 4.79 Å². The van der Waals surface area contributed by atoms with Crippen molar-refractivity contribution in [3.05, 3.63) is 71.2 Å². The first kappa shape index (κ1) is 16.9. The molecule has 7 nitrogen and oxygen atoms in total. The number of hydrogen-bond donors (Lipinski definition) is 1. The molecule has 1 aromatic carbocycles. The Hall–Kier alpha value is -3.26. The summed E-state index contributed by atoms with van der Waals surface area (Å²) in [6.07, 6.45) is 1.54. The van der Waals surface area contributed by atoms with Crippen LogP contribution in [0.2, 0.25) is 0 Å². The van der Waals surface area contributed by atoms with Crippen LogP contribution in [-0.4, -0.2) is 20.8 Å². The van der Waals surface area contributed by atoms with Gasteiger partial charge in [0.2, 0.25) is 5.76 Å². The number of carbonyl (C=O) groups is 1. The highest BCUT2D eigenvalue weighted by Gasteiger charge is 2.26. The summed E-state index contributed by atoms with van der Waals surface area (Å²) in [5, 5.41) is 11.6. The standard InChI is InChI=1S/C20H16N4O3S/c1-12-5-2-3-6-16(12)24-19(13-10-28-11-15(13)22-24)21-20(25)14-9-18(27-23-14)17-7-4-8-26-17/h2-9H,10-11H2,1H3,(H,21,25). The van der Waals surface area contributed by atoms with Crippen molar-refractivity contribution in [1.82, 2.24) is 14.9 Å². The minimum atomic E-state index is -0.351. The molecule has 1 aliphatic rings. The summed E-state index contributed by atoms with van der Waals surface area (Å²) in [4.78, 5) is 12.9. The molecule has 3 aromatic heterocycles. The molecule has 5 rings (SSSR count). The molecule has 8 heteroatoms. The third-order valence-corrected chi connectivity index (χ3v) is 5.60. The smallest absolute Gasteiger partial charge is 0.279 e. The number of carbonyl (C=O) groups excluding carboxylic acids is 1. The van der Waals surface area contributed by atoms with Crippen LogP contribution in [-0.2, 0) is 11.5 Å². The number of anilines is 1. The third-order valence-electron chi connectivity index (χ3n) is 4.63. The molecule has 0 bridgehead atoms. The Morgan fingerprint density at radius 3 is 2.89 bits per heavy atom. The van der Waals surface area contributed by atoms with Gasteiger partial charge < -0.3 is 14.3 Å². The van der Waals surface area contributed by atoms with Crippen LogP contribution < -0.4 is 5.32 Å². The highest BCUT2D eigenvalue weighted by Crippen LogP contribution is 2.36. The number of thioether (sulfide) groups is 1. The number of fused-ring (bicyclic) bond motifs is 1. The first-order chi connectivity index (χ1) is 13.7. The van der Waals surface area contributed by atoms with E-state index in [0.29, 0.717) is 17.3 Å². The van der Waals surface area contributed by atoms with E-state index in [1.54, 1.807) is 36.2 Å². The lowest BCUT2D eigenvalue weighted by Gasteiger charge is -2.12. The second kappa shape index (κ2) is 6.72. The van der Waals surface area contributed by atoms with Gasteiger partial charge in [-0.15, -0.1) is 0 Å². The van der Waals surface area contributed by atoms with E-state index in [0.717, 1.165) is 34.0 Å². The molecule has 4 heterocycles. The Balaban J connectivity index is 1.50. The molecular formula is C20H16N4O3S. The number of para-hydroxylation sites is 1. The van der Waals surface area contributed by atoms with Crippen molar-refractivity contribution in [2.75, 3.05) is 5.32 Å². The van der Waals surface area contributed by atoms with E-state index >= 15 is 0 Å². The van der Waals surface area contributed by atoms with Crippen LogP contribution in [0.5, 0.6) is 0 Å². The number of aryl methyl sites for hydroxylation is 1. The fourth-order valence-corrected chi connectivity index (χ4v) is 4.24. The zero-order valence-corrected chi connectivity index (χ0v) is 15.8. The fourth-order valence-electron chi connectivity index (χ4n) is 3.21. The average Bonchev–Trinajstić information content (AvgIpc) is 3.47. The highest BCUT2D eigenvalue weighted by atomic mass is 32.2. The Morgan fingerprint density at radius 2 is 2.07 bits per heavy atom. The number of furan rings is 1. The van der Waals surface area contributed by atoms with Gasteiger partial charge in [-0.3, -0.25) is 4.79 Å². The van der Waals surface area contributed by atoms with E-state index < -0.39 is 0 Å². The summed E-state index contributed by atoms with van der Waals surface area (Å²) in [6, 6.07) is 13.0. The summed E-state index contributed by atoms with van der Waals surface area (Å²) < 4.78 is 12.3. The molecule has 0 saturated carbocycles. The first-order valence-corrected chi connectivity index (χ1v) is 9.92. The number of amides is 1. The van der Waals surface area contributed by atoms with Crippen molar-refractivity contribution in [1.29, 1.82) is 0 Å². The molecule has 4 aromatic rings. The zero-order valence-electron chi connectivity index (χ0n) is 15.0. The van der Waals surface area contributed by atoms with Crippen LogP contribution in [0.15, 0.2) is 57.7 Å². The maximum Gasteiger partial charge on any atom is 0.279 e. The van der Waals surface area contributed by atoms with Crippen molar-refractivity contribution in [2.45, 2.75) is 18.4 Å². The Kier molecular flexibility index (Phi) is 4.05. The van der Waals surface area contributed by atoms with E-state index in [-0.39, 0.29) is 11.6 Å². The van der Waals surface area contributed by atoms with Crippen LogP contribution in [0.1, 0.15) is 27.3 Å². The van der Waals surface area contributed by atoms with Crippen molar-refractivity contribution in [3.63, 3.8) is 0 Å². The van der Waals surface area contributed by atoms with Gasteiger partial charge in [0.15, 0.2) is 11.5 Å². The van der Waals surface area contributed by atoms with Crippen LogP contribution in [0, 0.1) is 6.92 Å². The summed E-state index contributed by atoms with van der Waals surface area (Å²) in [5.41, 5.74) is 4.25. The van der Waals surface area contributed by atoms with Crippen LogP contribution >= 0.6 is 11.8 Å². The predicted molar refractivity (Wildman–Crippen MR) is 105 cm³/mol. The molecule has 0 aliphatic carbocycles. The van der Waals surface area contributed by atoms with Gasteiger partial charge in [0.1, 0.15) is 5.82 Å². The highest BCUT2D eigenvalue weighted by molar-refractivity contribution is 7.98. The number of nitrogens with one attached hydrogen (secondary N) is 1. The number of nitrogens with zero attached hydrogens (tertiary/aromatic N) is 3. The molecule has 0 atom stereocenters. The van der Waals surface area contributed by atoms with E-state index in [1.165, 1.54) is 0 Å². The zero-order chi connectivity index (χ0) is 19.1. The summed E-state index contributed by atoms with van der Waals surface area (Å²) in [7, 11) is 0. The Morgan fingerprint density at radius 1 is 1.18 bits per heavy atom. The minimum Gasteiger partial charge on any atom is -0.461 e. The van der Waals surface area contributed by atoms with Crippen LogP contribution in [0.4, 0.5) is 5.82 Å². The summed E-state index contributed by atoms with van der Waals surface area (Å²) in [6.45, 7) is 2.02. The maximum absolute atomic E-state index is 12.9. The third kappa shape index (κ3) is 2.82. The monoisotopic (exact) mass is 392 g/mol. The predicted octanol–water partition coefficient (Wildman–Crippen LogP) is 4.43. The van der Waals surface area contributed by atoms with Crippen LogP contribution in [0.3, 0.4) is 0 Å². The van der Waals surface area contributed by atoms with Crippen molar-refractivity contribution >= 4 is 23.5 Å². The fraction of sp³-hybridized carbons (Fsp3) is 0.150.